The van der Waals surface area contributed by atoms with Crippen LogP contribution in [-0.4, -0.2) is 36.2 Å². The Morgan fingerprint density at radius 3 is 2.14 bits per heavy atom. The van der Waals surface area contributed by atoms with Crippen LogP contribution >= 0.6 is 0 Å². The molecule has 6 heteroatoms. The zero-order valence-electron chi connectivity index (χ0n) is 24.2. The molecular formula is C31H50O6. The van der Waals surface area contributed by atoms with Crippen molar-refractivity contribution in [2.75, 3.05) is 0 Å². The predicted octanol–water partition coefficient (Wildman–Crippen LogP) is 6.49. The summed E-state index contributed by atoms with van der Waals surface area (Å²) in [5.74, 6) is 2.43. The molecular weight excluding hydrogens is 468 g/mol. The van der Waals surface area contributed by atoms with Crippen LogP contribution in [0.5, 0.6) is 0 Å². The molecule has 210 valence electrons. The number of ether oxygens (including phenoxy) is 3. The molecule has 0 heterocycles. The zero-order chi connectivity index (χ0) is 27.1. The molecule has 2 unspecified atom stereocenters. The third-order valence-corrected chi connectivity index (χ3v) is 11.2. The number of esters is 3. The topological polar surface area (TPSA) is 78.9 Å². The third kappa shape index (κ3) is 5.59. The first-order chi connectivity index (χ1) is 17.3. The highest BCUT2D eigenvalue weighted by Crippen LogP contribution is 2.68. The van der Waals surface area contributed by atoms with Gasteiger partial charge < -0.3 is 14.2 Å². The second-order valence-corrected chi connectivity index (χ2v) is 13.7. The van der Waals surface area contributed by atoms with Gasteiger partial charge in [0.2, 0.25) is 0 Å². The standard InChI is InChI=1S/C31H50O6/c1-18(2)35-28(34)11-8-19(3)24-9-10-25-29-26(13-15-31(24,25)7)30(6)14-12-23(36-20(4)32)16-22(30)17-27(29)37-21(5)33/h18-19,22-27,29H,8-17H2,1-7H3/t19-,22+,23?,24-,25+,26+,27?,29+,30+,31-/m1/s1. The predicted molar refractivity (Wildman–Crippen MR) is 141 cm³/mol. The van der Waals surface area contributed by atoms with Gasteiger partial charge in [0.15, 0.2) is 0 Å². The molecule has 4 saturated carbocycles. The van der Waals surface area contributed by atoms with Crippen molar-refractivity contribution in [1.29, 1.82) is 0 Å². The number of hydrogen-bond donors (Lipinski definition) is 0. The van der Waals surface area contributed by atoms with Crippen LogP contribution in [0.25, 0.3) is 0 Å². The molecule has 4 fully saturated rings. The van der Waals surface area contributed by atoms with Gasteiger partial charge in [-0.15, -0.1) is 0 Å². The third-order valence-electron chi connectivity index (χ3n) is 11.2. The van der Waals surface area contributed by atoms with E-state index >= 15 is 0 Å². The quantitative estimate of drug-likeness (QED) is 0.283. The first-order valence-electron chi connectivity index (χ1n) is 14.9. The van der Waals surface area contributed by atoms with Crippen molar-refractivity contribution >= 4 is 17.9 Å². The summed E-state index contributed by atoms with van der Waals surface area (Å²) in [5, 5.41) is 0. The molecule has 0 aliphatic heterocycles. The smallest absolute Gasteiger partial charge is 0.306 e. The molecule has 4 aliphatic rings. The van der Waals surface area contributed by atoms with Gasteiger partial charge in [-0.3, -0.25) is 14.4 Å². The Kier molecular flexibility index (Phi) is 8.36. The number of carbonyl (C=O) groups is 3. The first-order valence-corrected chi connectivity index (χ1v) is 14.9. The summed E-state index contributed by atoms with van der Waals surface area (Å²) in [6, 6.07) is 0. The molecule has 0 radical (unpaired) electrons. The molecule has 0 aromatic heterocycles. The highest BCUT2D eigenvalue weighted by atomic mass is 16.5. The lowest BCUT2D eigenvalue weighted by Crippen LogP contribution is -2.59. The van der Waals surface area contributed by atoms with Crippen molar-refractivity contribution in [3.8, 4) is 0 Å². The van der Waals surface area contributed by atoms with E-state index in [1.54, 1.807) is 6.92 Å². The van der Waals surface area contributed by atoms with Gasteiger partial charge in [0.1, 0.15) is 12.2 Å². The Balaban J connectivity index is 1.53. The zero-order valence-corrected chi connectivity index (χ0v) is 24.2. The van der Waals surface area contributed by atoms with E-state index in [1.165, 1.54) is 32.6 Å². The van der Waals surface area contributed by atoms with E-state index in [0.717, 1.165) is 32.1 Å². The molecule has 0 aromatic carbocycles. The van der Waals surface area contributed by atoms with Gasteiger partial charge in [0.05, 0.1) is 6.10 Å². The summed E-state index contributed by atoms with van der Waals surface area (Å²) in [6.07, 6.45) is 9.72. The van der Waals surface area contributed by atoms with E-state index in [9.17, 15) is 14.4 Å². The van der Waals surface area contributed by atoms with Crippen LogP contribution < -0.4 is 0 Å². The Bertz CT molecular complexity index is 868. The lowest BCUT2D eigenvalue weighted by Gasteiger charge is -2.62. The Labute approximate surface area is 223 Å². The van der Waals surface area contributed by atoms with Crippen LogP contribution in [0.4, 0.5) is 0 Å². The van der Waals surface area contributed by atoms with Gasteiger partial charge in [-0.2, -0.15) is 0 Å². The molecule has 0 N–H and O–H groups in total. The normalized spacial score (nSPS) is 41.7. The van der Waals surface area contributed by atoms with E-state index in [4.69, 9.17) is 14.2 Å². The van der Waals surface area contributed by atoms with Gasteiger partial charge in [0, 0.05) is 26.2 Å². The minimum Gasteiger partial charge on any atom is -0.463 e. The average Bonchev–Trinajstić information content (AvgIpc) is 3.14. The van der Waals surface area contributed by atoms with E-state index in [0.29, 0.717) is 41.9 Å². The maximum atomic E-state index is 12.3. The fourth-order valence-corrected chi connectivity index (χ4v) is 9.68. The number of hydrogen-bond acceptors (Lipinski definition) is 6. The molecule has 4 rings (SSSR count). The van der Waals surface area contributed by atoms with Crippen molar-refractivity contribution in [2.24, 2.45) is 46.3 Å². The summed E-state index contributed by atoms with van der Waals surface area (Å²) in [7, 11) is 0. The fourth-order valence-electron chi connectivity index (χ4n) is 9.68. The number of rotatable bonds is 7. The van der Waals surface area contributed by atoms with Gasteiger partial charge >= 0.3 is 17.9 Å². The van der Waals surface area contributed by atoms with Crippen LogP contribution in [0.3, 0.4) is 0 Å². The average molecular weight is 519 g/mol. The number of fused-ring (bicyclic) bond motifs is 5. The Morgan fingerprint density at radius 2 is 1.49 bits per heavy atom. The fraction of sp³-hybridized carbons (Fsp3) is 0.903. The minimum absolute atomic E-state index is 0.0157. The van der Waals surface area contributed by atoms with Gasteiger partial charge in [-0.1, -0.05) is 20.8 Å². The second-order valence-electron chi connectivity index (χ2n) is 13.7. The first kappa shape index (κ1) is 28.4. The van der Waals surface area contributed by atoms with Crippen molar-refractivity contribution in [3.63, 3.8) is 0 Å². The van der Waals surface area contributed by atoms with Crippen LogP contribution in [-0.2, 0) is 28.6 Å². The molecule has 10 atom stereocenters. The molecule has 0 amide bonds. The molecule has 0 saturated heterocycles. The van der Waals surface area contributed by atoms with Crippen molar-refractivity contribution in [3.05, 3.63) is 0 Å². The highest BCUT2D eigenvalue weighted by Gasteiger charge is 2.64. The molecule has 0 aromatic rings. The van der Waals surface area contributed by atoms with Crippen molar-refractivity contribution in [2.45, 2.75) is 131 Å². The minimum atomic E-state index is -0.198. The van der Waals surface area contributed by atoms with Crippen LogP contribution in [0.15, 0.2) is 0 Å². The summed E-state index contributed by atoms with van der Waals surface area (Å²) in [6.45, 7) is 14.1. The molecule has 37 heavy (non-hydrogen) atoms. The monoisotopic (exact) mass is 518 g/mol. The van der Waals surface area contributed by atoms with E-state index in [2.05, 4.69) is 20.8 Å². The lowest BCUT2D eigenvalue weighted by atomic mass is 9.43. The Morgan fingerprint density at radius 1 is 0.838 bits per heavy atom. The van der Waals surface area contributed by atoms with E-state index in [1.807, 2.05) is 13.8 Å². The van der Waals surface area contributed by atoms with Crippen LogP contribution in [0.1, 0.15) is 113 Å². The summed E-state index contributed by atoms with van der Waals surface area (Å²) in [4.78, 5) is 36.1. The lowest BCUT2D eigenvalue weighted by molar-refractivity contribution is -0.197. The maximum Gasteiger partial charge on any atom is 0.306 e. The Hall–Kier alpha value is -1.59. The largest absolute Gasteiger partial charge is 0.463 e. The summed E-state index contributed by atoms with van der Waals surface area (Å²) < 4.78 is 17.2. The molecule has 0 spiro atoms. The van der Waals surface area contributed by atoms with E-state index in [-0.39, 0.29) is 47.0 Å². The SMILES string of the molecule is CC(=O)OC1CC[C@@]2(C)[C@@H](C1)CC(OC(C)=O)[C@@H]1[C@@H]2CC[C@]2(C)[C@@H]([C@H](C)CCC(=O)OC(C)C)CC[C@@H]12. The summed E-state index contributed by atoms with van der Waals surface area (Å²) in [5.41, 5.74) is 0.405. The second kappa shape index (κ2) is 10.9. The number of carbonyl (C=O) groups excluding carboxylic acids is 3. The van der Waals surface area contributed by atoms with Crippen LogP contribution in [0, 0.1) is 46.3 Å². The maximum absolute atomic E-state index is 12.3. The van der Waals surface area contributed by atoms with Crippen molar-refractivity contribution in [1.82, 2.24) is 0 Å². The van der Waals surface area contributed by atoms with Gasteiger partial charge in [-0.05, 0) is 112 Å². The molecule has 0 bridgehead atoms. The van der Waals surface area contributed by atoms with Crippen LogP contribution in [0.2, 0.25) is 0 Å². The molecule has 6 nitrogen and oxygen atoms in total. The van der Waals surface area contributed by atoms with E-state index < -0.39 is 0 Å². The molecule has 4 aliphatic carbocycles. The van der Waals surface area contributed by atoms with Gasteiger partial charge in [0.25, 0.3) is 0 Å². The summed E-state index contributed by atoms with van der Waals surface area (Å²) >= 11 is 0. The van der Waals surface area contributed by atoms with Crippen molar-refractivity contribution < 1.29 is 28.6 Å². The van der Waals surface area contributed by atoms with Gasteiger partial charge in [-0.25, -0.2) is 0 Å². The highest BCUT2D eigenvalue weighted by molar-refractivity contribution is 5.69.